The first kappa shape index (κ1) is 11.8. The molecule has 1 aromatic carbocycles. The molecule has 0 amide bonds. The minimum Gasteiger partial charge on any atom is -0.373 e. The molecule has 2 heterocycles. The molecule has 0 bridgehead atoms. The van der Waals surface area contributed by atoms with Gasteiger partial charge in [0.05, 0.1) is 28.5 Å². The van der Waals surface area contributed by atoms with Gasteiger partial charge in [-0.25, -0.2) is 4.98 Å². The summed E-state index contributed by atoms with van der Waals surface area (Å²) in [4.78, 5) is 4.29. The van der Waals surface area contributed by atoms with Crippen LogP contribution in [0.3, 0.4) is 0 Å². The van der Waals surface area contributed by atoms with Gasteiger partial charge in [0.25, 0.3) is 0 Å². The van der Waals surface area contributed by atoms with Gasteiger partial charge in [0.1, 0.15) is 16.0 Å². The molecule has 0 radical (unpaired) electrons. The molecule has 1 atom stereocenters. The average molecular weight is 297 g/mol. The second-order valence-corrected chi connectivity index (χ2v) is 5.65. The summed E-state index contributed by atoms with van der Waals surface area (Å²) in [5.41, 5.74) is 2.50. The zero-order chi connectivity index (χ0) is 12.5. The van der Waals surface area contributed by atoms with E-state index in [1.165, 1.54) is 11.7 Å². The summed E-state index contributed by atoms with van der Waals surface area (Å²) >= 11 is 9.03. The molecule has 1 unspecified atom stereocenters. The van der Waals surface area contributed by atoms with Crippen molar-refractivity contribution in [2.75, 3.05) is 5.32 Å². The number of hydrogen-bond acceptors (Lipinski definition) is 6. The molecule has 7 heteroatoms. The van der Waals surface area contributed by atoms with Gasteiger partial charge in [-0.1, -0.05) is 11.6 Å². The third-order valence-corrected chi connectivity index (χ3v) is 4.38. The molecule has 18 heavy (non-hydrogen) atoms. The van der Waals surface area contributed by atoms with Gasteiger partial charge in [0, 0.05) is 11.6 Å². The monoisotopic (exact) mass is 296 g/mol. The molecule has 4 nitrogen and oxygen atoms in total. The van der Waals surface area contributed by atoms with Crippen molar-refractivity contribution >= 4 is 51.4 Å². The maximum atomic E-state index is 6.22. The van der Waals surface area contributed by atoms with E-state index in [0.717, 1.165) is 21.7 Å². The Bertz CT molecular complexity index is 665. The molecule has 3 rings (SSSR count). The van der Waals surface area contributed by atoms with Crippen LogP contribution >= 0.6 is 34.7 Å². The Hall–Kier alpha value is -1.24. The number of nitrogens with one attached hydrogen (secondary N) is 1. The minimum absolute atomic E-state index is 0.0924. The second kappa shape index (κ2) is 4.79. The standard InChI is InChI=1S/C11H9ClN4S2/c1-6(11-13-4-5-17-11)14-9-7(12)2-3-8-10(9)16-18-15-8/h2-6,14H,1H3. The molecule has 0 saturated carbocycles. The lowest BCUT2D eigenvalue weighted by molar-refractivity contribution is 0.871. The fourth-order valence-electron chi connectivity index (χ4n) is 1.69. The summed E-state index contributed by atoms with van der Waals surface area (Å²) in [5, 5.41) is 6.99. The Labute approximate surface area is 117 Å². The van der Waals surface area contributed by atoms with Crippen LogP contribution in [0.1, 0.15) is 18.0 Å². The van der Waals surface area contributed by atoms with E-state index in [0.29, 0.717) is 5.02 Å². The highest BCUT2D eigenvalue weighted by Gasteiger charge is 2.14. The molecule has 0 saturated heterocycles. The lowest BCUT2D eigenvalue weighted by Crippen LogP contribution is -2.07. The Morgan fingerprint density at radius 2 is 2.22 bits per heavy atom. The molecule has 92 valence electrons. The Balaban J connectivity index is 1.99. The van der Waals surface area contributed by atoms with Crippen LogP contribution in [0.2, 0.25) is 5.02 Å². The summed E-state index contributed by atoms with van der Waals surface area (Å²) < 4.78 is 8.49. The Morgan fingerprint density at radius 3 is 3.00 bits per heavy atom. The summed E-state index contributed by atoms with van der Waals surface area (Å²) in [7, 11) is 0. The molecule has 1 N–H and O–H groups in total. The lowest BCUT2D eigenvalue weighted by atomic mass is 10.2. The van der Waals surface area contributed by atoms with E-state index in [2.05, 4.69) is 19.0 Å². The van der Waals surface area contributed by atoms with E-state index < -0.39 is 0 Å². The fourth-order valence-corrected chi connectivity index (χ4v) is 3.09. The van der Waals surface area contributed by atoms with Crippen molar-refractivity contribution in [3.63, 3.8) is 0 Å². The van der Waals surface area contributed by atoms with Gasteiger partial charge in [0.2, 0.25) is 0 Å². The Kier molecular flexibility index (Phi) is 3.15. The second-order valence-electron chi connectivity index (χ2n) is 3.79. The SMILES string of the molecule is CC(Nc1c(Cl)ccc2nsnc12)c1nccs1. The zero-order valence-electron chi connectivity index (χ0n) is 9.42. The number of aromatic nitrogens is 3. The highest BCUT2D eigenvalue weighted by molar-refractivity contribution is 7.09. The fraction of sp³-hybridized carbons (Fsp3) is 0.182. The summed E-state index contributed by atoms with van der Waals surface area (Å²) in [5.74, 6) is 0. The number of nitrogens with zero attached hydrogens (tertiary/aromatic N) is 3. The molecule has 3 aromatic rings. The predicted molar refractivity (Wildman–Crippen MR) is 76.6 cm³/mol. The van der Waals surface area contributed by atoms with Crippen LogP contribution in [0.25, 0.3) is 11.0 Å². The lowest BCUT2D eigenvalue weighted by Gasteiger charge is -2.14. The van der Waals surface area contributed by atoms with Crippen molar-refractivity contribution in [3.05, 3.63) is 33.7 Å². The molecule has 0 spiro atoms. The summed E-state index contributed by atoms with van der Waals surface area (Å²) in [6.45, 7) is 2.05. The number of benzene rings is 1. The summed E-state index contributed by atoms with van der Waals surface area (Å²) in [6.07, 6.45) is 1.80. The van der Waals surface area contributed by atoms with E-state index in [1.807, 2.05) is 24.4 Å². The van der Waals surface area contributed by atoms with Crippen molar-refractivity contribution in [1.82, 2.24) is 13.7 Å². The number of rotatable bonds is 3. The quantitative estimate of drug-likeness (QED) is 0.794. The summed E-state index contributed by atoms with van der Waals surface area (Å²) in [6, 6.07) is 3.80. The molecule has 0 aliphatic rings. The van der Waals surface area contributed by atoms with Gasteiger partial charge >= 0.3 is 0 Å². The van der Waals surface area contributed by atoms with E-state index in [4.69, 9.17) is 11.6 Å². The van der Waals surface area contributed by atoms with Crippen LogP contribution in [-0.4, -0.2) is 13.7 Å². The van der Waals surface area contributed by atoms with Crippen molar-refractivity contribution in [3.8, 4) is 0 Å². The molecule has 0 aliphatic carbocycles. The maximum Gasteiger partial charge on any atom is 0.129 e. The predicted octanol–water partition coefficient (Wildman–Crippen LogP) is 3.97. The number of thiazole rings is 1. The normalized spacial score (nSPS) is 12.8. The van der Waals surface area contributed by atoms with Crippen LogP contribution in [0.4, 0.5) is 5.69 Å². The zero-order valence-corrected chi connectivity index (χ0v) is 11.8. The van der Waals surface area contributed by atoms with Gasteiger partial charge in [-0.2, -0.15) is 8.75 Å². The van der Waals surface area contributed by atoms with Gasteiger partial charge in [-0.3, -0.25) is 0 Å². The third kappa shape index (κ3) is 2.07. The maximum absolute atomic E-state index is 6.22. The van der Waals surface area contributed by atoms with E-state index in [9.17, 15) is 0 Å². The van der Waals surface area contributed by atoms with Crippen LogP contribution < -0.4 is 5.32 Å². The minimum atomic E-state index is 0.0924. The van der Waals surface area contributed by atoms with Gasteiger partial charge in [-0.15, -0.1) is 11.3 Å². The number of anilines is 1. The number of halogens is 1. The van der Waals surface area contributed by atoms with Gasteiger partial charge < -0.3 is 5.32 Å². The van der Waals surface area contributed by atoms with Crippen molar-refractivity contribution in [2.45, 2.75) is 13.0 Å². The van der Waals surface area contributed by atoms with Crippen molar-refractivity contribution < 1.29 is 0 Å². The van der Waals surface area contributed by atoms with E-state index in [1.54, 1.807) is 17.5 Å². The topological polar surface area (TPSA) is 50.7 Å². The molecule has 2 aromatic heterocycles. The van der Waals surface area contributed by atoms with Crippen LogP contribution in [-0.2, 0) is 0 Å². The Morgan fingerprint density at radius 1 is 1.33 bits per heavy atom. The molecule has 0 fully saturated rings. The van der Waals surface area contributed by atoms with Gasteiger partial charge in [-0.05, 0) is 19.1 Å². The van der Waals surface area contributed by atoms with E-state index in [-0.39, 0.29) is 6.04 Å². The van der Waals surface area contributed by atoms with Crippen LogP contribution in [0.15, 0.2) is 23.7 Å². The largest absolute Gasteiger partial charge is 0.373 e. The van der Waals surface area contributed by atoms with Crippen molar-refractivity contribution in [1.29, 1.82) is 0 Å². The average Bonchev–Trinajstić information content (AvgIpc) is 3.02. The molecular weight excluding hydrogens is 288 g/mol. The number of fused-ring (bicyclic) bond motifs is 1. The van der Waals surface area contributed by atoms with Crippen molar-refractivity contribution in [2.24, 2.45) is 0 Å². The third-order valence-electron chi connectivity index (χ3n) is 2.56. The van der Waals surface area contributed by atoms with Crippen LogP contribution in [0.5, 0.6) is 0 Å². The molecule has 0 aliphatic heterocycles. The highest BCUT2D eigenvalue weighted by Crippen LogP contribution is 2.33. The smallest absolute Gasteiger partial charge is 0.129 e. The first-order valence-electron chi connectivity index (χ1n) is 5.32. The first-order valence-corrected chi connectivity index (χ1v) is 7.31. The first-order chi connectivity index (χ1) is 8.75. The highest BCUT2D eigenvalue weighted by atomic mass is 35.5. The van der Waals surface area contributed by atoms with E-state index >= 15 is 0 Å². The van der Waals surface area contributed by atoms with Crippen LogP contribution in [0, 0.1) is 0 Å². The molecular formula is C11H9ClN4S2. The number of hydrogen-bond donors (Lipinski definition) is 1. The van der Waals surface area contributed by atoms with Gasteiger partial charge in [0.15, 0.2) is 0 Å².